The third-order valence-corrected chi connectivity index (χ3v) is 6.89. The van der Waals surface area contributed by atoms with Crippen LogP contribution in [0.25, 0.3) is 0 Å². The van der Waals surface area contributed by atoms with E-state index in [1.807, 2.05) is 34.6 Å². The van der Waals surface area contributed by atoms with Crippen LogP contribution in [0.5, 0.6) is 0 Å². The minimum atomic E-state index is -1.07. The van der Waals surface area contributed by atoms with E-state index in [2.05, 4.69) is 39.4 Å². The number of aryl methyl sites for hydroxylation is 1. The molecule has 3 aromatic rings. The number of benzene rings is 2. The third-order valence-electron chi connectivity index (χ3n) is 6.89. The van der Waals surface area contributed by atoms with Gasteiger partial charge in [0.05, 0.1) is 17.6 Å². The first-order valence-corrected chi connectivity index (χ1v) is 12.4. The minimum absolute atomic E-state index is 0.196. The van der Waals surface area contributed by atoms with Crippen molar-refractivity contribution in [3.05, 3.63) is 94.7 Å². The van der Waals surface area contributed by atoms with E-state index in [1.165, 1.54) is 12.1 Å². The lowest BCUT2D eigenvalue weighted by Crippen LogP contribution is -2.44. The van der Waals surface area contributed by atoms with Crippen LogP contribution in [0.1, 0.15) is 71.2 Å². The highest BCUT2D eigenvalue weighted by Crippen LogP contribution is 2.52. The predicted octanol–water partition coefficient (Wildman–Crippen LogP) is 5.83. The molecular weight excluding hydrogens is 467 g/mol. The van der Waals surface area contributed by atoms with Crippen molar-refractivity contribution in [2.45, 2.75) is 52.0 Å². The SMILES string of the molecule is C=CNc1c(C)[nH]c(C2C#CC23C(=O)Nc2ccc(C(=O)NC(C)c4ccc(F)cc4)cc23)c1C.CC. The summed E-state index contributed by atoms with van der Waals surface area (Å²) in [5.74, 6) is 5.10. The number of rotatable bonds is 6. The van der Waals surface area contributed by atoms with E-state index in [9.17, 15) is 14.0 Å². The second-order valence-electron chi connectivity index (χ2n) is 8.98. The Morgan fingerprint density at radius 1 is 1.19 bits per heavy atom. The van der Waals surface area contributed by atoms with Gasteiger partial charge in [-0.25, -0.2) is 4.39 Å². The van der Waals surface area contributed by atoms with E-state index in [4.69, 9.17) is 0 Å². The van der Waals surface area contributed by atoms with Gasteiger partial charge in [-0.1, -0.05) is 44.4 Å². The van der Waals surface area contributed by atoms with E-state index < -0.39 is 5.41 Å². The van der Waals surface area contributed by atoms with Crippen LogP contribution in [0.4, 0.5) is 15.8 Å². The van der Waals surface area contributed by atoms with Crippen LogP contribution in [0, 0.1) is 31.5 Å². The van der Waals surface area contributed by atoms with Gasteiger partial charge in [-0.15, -0.1) is 0 Å². The maximum absolute atomic E-state index is 13.2. The molecule has 5 rings (SSSR count). The van der Waals surface area contributed by atoms with Gasteiger partial charge in [0.15, 0.2) is 5.41 Å². The van der Waals surface area contributed by atoms with E-state index in [-0.39, 0.29) is 29.6 Å². The van der Waals surface area contributed by atoms with Gasteiger partial charge in [0.2, 0.25) is 5.91 Å². The van der Waals surface area contributed by atoms with Crippen molar-refractivity contribution in [2.75, 3.05) is 10.6 Å². The zero-order chi connectivity index (χ0) is 26.9. The molecule has 0 saturated heterocycles. The van der Waals surface area contributed by atoms with Gasteiger partial charge in [-0.3, -0.25) is 9.59 Å². The molecular formula is C30H31FN4O2. The second kappa shape index (κ2) is 9.98. The summed E-state index contributed by atoms with van der Waals surface area (Å²) in [6.45, 7) is 13.5. The molecule has 4 N–H and O–H groups in total. The Kier molecular flexibility index (Phi) is 6.95. The first kappa shape index (κ1) is 25.8. The van der Waals surface area contributed by atoms with Crippen molar-refractivity contribution in [3.8, 4) is 11.8 Å². The highest BCUT2D eigenvalue weighted by atomic mass is 19.1. The van der Waals surface area contributed by atoms with E-state index in [1.54, 1.807) is 36.5 Å². The van der Waals surface area contributed by atoms with Gasteiger partial charge >= 0.3 is 0 Å². The lowest BCUT2D eigenvalue weighted by Gasteiger charge is -2.34. The largest absolute Gasteiger partial charge is 0.361 e. The Hall–Kier alpha value is -4.31. The van der Waals surface area contributed by atoms with Crippen molar-refractivity contribution >= 4 is 23.2 Å². The Morgan fingerprint density at radius 2 is 1.89 bits per heavy atom. The van der Waals surface area contributed by atoms with Gasteiger partial charge in [0, 0.05) is 28.2 Å². The van der Waals surface area contributed by atoms with Crippen molar-refractivity contribution < 1.29 is 14.0 Å². The molecule has 2 amide bonds. The van der Waals surface area contributed by atoms with Crippen molar-refractivity contribution in [2.24, 2.45) is 0 Å². The van der Waals surface area contributed by atoms with Crippen LogP contribution in [0.3, 0.4) is 0 Å². The molecule has 0 radical (unpaired) electrons. The molecule has 190 valence electrons. The number of aromatic nitrogens is 1. The van der Waals surface area contributed by atoms with Crippen molar-refractivity contribution in [1.29, 1.82) is 0 Å². The monoisotopic (exact) mass is 498 g/mol. The van der Waals surface area contributed by atoms with Crippen molar-refractivity contribution in [3.63, 3.8) is 0 Å². The Labute approximate surface area is 216 Å². The van der Waals surface area contributed by atoms with Crippen LogP contribution in [0.15, 0.2) is 55.2 Å². The fourth-order valence-corrected chi connectivity index (χ4v) is 4.95. The normalized spacial score (nSPS) is 19.3. The lowest BCUT2D eigenvalue weighted by molar-refractivity contribution is -0.119. The molecule has 0 saturated carbocycles. The average Bonchev–Trinajstić information content (AvgIpc) is 3.33. The number of carbonyl (C=O) groups excluding carboxylic acids is 2. The van der Waals surface area contributed by atoms with Gasteiger partial charge in [0.25, 0.3) is 5.91 Å². The highest BCUT2D eigenvalue weighted by Gasteiger charge is 2.56. The lowest BCUT2D eigenvalue weighted by atomic mass is 9.64. The van der Waals surface area contributed by atoms with Crippen molar-refractivity contribution in [1.82, 2.24) is 10.3 Å². The molecule has 0 bridgehead atoms. The predicted molar refractivity (Wildman–Crippen MR) is 145 cm³/mol. The number of amides is 2. The van der Waals surface area contributed by atoms with Gasteiger partial charge in [-0.2, -0.15) is 0 Å². The number of nitrogens with one attached hydrogen (secondary N) is 4. The van der Waals surface area contributed by atoms with Gasteiger partial charge < -0.3 is 20.9 Å². The second-order valence-corrected chi connectivity index (χ2v) is 8.98. The number of H-pyrrole nitrogens is 1. The van der Waals surface area contributed by atoms with Gasteiger partial charge in [-0.05, 0) is 68.4 Å². The molecule has 3 unspecified atom stereocenters. The fraction of sp³-hybridized carbons (Fsp3) is 0.267. The summed E-state index contributed by atoms with van der Waals surface area (Å²) < 4.78 is 13.2. The number of fused-ring (bicyclic) bond motifs is 2. The fourth-order valence-electron chi connectivity index (χ4n) is 4.95. The maximum atomic E-state index is 13.2. The number of anilines is 2. The quantitative estimate of drug-likeness (QED) is 0.323. The molecule has 0 fully saturated rings. The van der Waals surface area contributed by atoms with Crippen LogP contribution < -0.4 is 16.0 Å². The minimum Gasteiger partial charge on any atom is -0.361 e. The molecule has 6 nitrogen and oxygen atoms in total. The zero-order valence-corrected chi connectivity index (χ0v) is 21.7. The smallest absolute Gasteiger partial charge is 0.251 e. The number of carbonyl (C=O) groups is 2. The summed E-state index contributed by atoms with van der Waals surface area (Å²) >= 11 is 0. The molecule has 1 spiro atoms. The molecule has 3 atom stereocenters. The summed E-state index contributed by atoms with van der Waals surface area (Å²) in [5.41, 5.74) is 5.19. The number of halogens is 1. The van der Waals surface area contributed by atoms with Crippen LogP contribution in [-0.2, 0) is 10.2 Å². The Morgan fingerprint density at radius 3 is 2.51 bits per heavy atom. The first-order chi connectivity index (χ1) is 17.8. The topological polar surface area (TPSA) is 86.0 Å². The molecule has 37 heavy (non-hydrogen) atoms. The van der Waals surface area contributed by atoms with E-state index in [0.29, 0.717) is 16.8 Å². The summed E-state index contributed by atoms with van der Waals surface area (Å²) in [5, 5.41) is 9.03. The summed E-state index contributed by atoms with van der Waals surface area (Å²) in [4.78, 5) is 29.7. The van der Waals surface area contributed by atoms with Gasteiger partial charge in [0.1, 0.15) is 5.82 Å². The Bertz CT molecular complexity index is 1440. The molecule has 1 aromatic heterocycles. The number of hydrogen-bond donors (Lipinski definition) is 4. The summed E-state index contributed by atoms with van der Waals surface area (Å²) in [7, 11) is 0. The summed E-state index contributed by atoms with van der Waals surface area (Å²) in [6.07, 6.45) is 1.62. The van der Waals surface area contributed by atoms with Crippen LogP contribution in [0.2, 0.25) is 0 Å². The van der Waals surface area contributed by atoms with E-state index >= 15 is 0 Å². The van der Waals surface area contributed by atoms with Crippen LogP contribution >= 0.6 is 0 Å². The first-order valence-electron chi connectivity index (χ1n) is 12.4. The molecule has 1 aliphatic heterocycles. The molecule has 1 aliphatic carbocycles. The van der Waals surface area contributed by atoms with Crippen LogP contribution in [-0.4, -0.2) is 16.8 Å². The Balaban J connectivity index is 0.00000156. The third kappa shape index (κ3) is 4.19. The molecule has 2 heterocycles. The highest BCUT2D eigenvalue weighted by molar-refractivity contribution is 6.12. The maximum Gasteiger partial charge on any atom is 0.251 e. The number of hydrogen-bond acceptors (Lipinski definition) is 3. The average molecular weight is 499 g/mol. The standard InChI is InChI=1S/C28H25FN4O2.C2H6/c1-5-30-24-15(2)25(31-17(24)4)21-12-13-28(21)22-14-19(8-11-23(22)33-27(28)35)26(34)32-16(3)18-6-9-20(29)10-7-18;1-2/h5-11,14,16,21,30-31H,1H2,2-4H3,(H,32,34)(H,33,35);1-2H3. The zero-order valence-electron chi connectivity index (χ0n) is 21.7. The molecule has 7 heteroatoms. The van der Waals surface area contributed by atoms with E-state index in [0.717, 1.165) is 28.2 Å². The molecule has 2 aliphatic rings. The number of aromatic amines is 1. The summed E-state index contributed by atoms with van der Waals surface area (Å²) in [6, 6.07) is 10.9. The molecule has 2 aromatic carbocycles.